The maximum absolute atomic E-state index is 13.2. The summed E-state index contributed by atoms with van der Waals surface area (Å²) in [5.41, 5.74) is 3.29. The highest BCUT2D eigenvalue weighted by Crippen LogP contribution is 2.29. The number of carbonyl (C=O) groups excluding carboxylic acids is 1. The SMILES string of the molecule is CC(CO)Nc1ncc2c(n1)CN(C(=O)NC(c1ccc(Cl)c(Cl)c1)c1ccn[nH]1)CC2. The van der Waals surface area contributed by atoms with Crippen molar-refractivity contribution in [2.75, 3.05) is 18.5 Å². The first-order valence-electron chi connectivity index (χ1n) is 10.2. The second-order valence-electron chi connectivity index (χ2n) is 7.63. The van der Waals surface area contributed by atoms with Crippen LogP contribution in [0.4, 0.5) is 10.7 Å². The Morgan fingerprint density at radius 2 is 2.16 bits per heavy atom. The molecule has 0 fully saturated rings. The van der Waals surface area contributed by atoms with Gasteiger partial charge in [0.25, 0.3) is 0 Å². The lowest BCUT2D eigenvalue weighted by molar-refractivity contribution is 0.188. The van der Waals surface area contributed by atoms with Crippen molar-refractivity contribution in [3.8, 4) is 0 Å². The van der Waals surface area contributed by atoms with E-state index >= 15 is 0 Å². The lowest BCUT2D eigenvalue weighted by atomic mass is 10.0. The van der Waals surface area contributed by atoms with Crippen LogP contribution in [0.1, 0.15) is 35.5 Å². The van der Waals surface area contributed by atoms with Gasteiger partial charge in [-0.25, -0.2) is 14.8 Å². The predicted octanol–water partition coefficient (Wildman–Crippen LogP) is 3.16. The number of hydrogen-bond donors (Lipinski definition) is 4. The van der Waals surface area contributed by atoms with E-state index in [-0.39, 0.29) is 18.7 Å². The molecule has 4 N–H and O–H groups in total. The maximum atomic E-state index is 13.2. The Morgan fingerprint density at radius 3 is 2.88 bits per heavy atom. The largest absolute Gasteiger partial charge is 0.394 e. The highest BCUT2D eigenvalue weighted by Gasteiger charge is 2.26. The number of aliphatic hydroxyl groups excluding tert-OH is 1. The molecule has 0 saturated carbocycles. The van der Waals surface area contributed by atoms with Crippen molar-refractivity contribution >= 4 is 35.2 Å². The van der Waals surface area contributed by atoms with Gasteiger partial charge in [-0.3, -0.25) is 5.10 Å². The number of aromatic amines is 1. The fourth-order valence-electron chi connectivity index (χ4n) is 3.49. The first-order chi connectivity index (χ1) is 15.4. The van der Waals surface area contributed by atoms with Crippen LogP contribution in [0.5, 0.6) is 0 Å². The van der Waals surface area contributed by atoms with Gasteiger partial charge in [0, 0.05) is 25.0 Å². The summed E-state index contributed by atoms with van der Waals surface area (Å²) in [5.74, 6) is 0.429. The number of nitrogens with one attached hydrogen (secondary N) is 3. The number of H-pyrrole nitrogens is 1. The zero-order chi connectivity index (χ0) is 22.7. The second kappa shape index (κ2) is 9.72. The van der Waals surface area contributed by atoms with Crippen molar-refractivity contribution < 1.29 is 9.90 Å². The van der Waals surface area contributed by atoms with E-state index in [1.54, 1.807) is 35.5 Å². The van der Waals surface area contributed by atoms with Crippen LogP contribution in [-0.2, 0) is 13.0 Å². The van der Waals surface area contributed by atoms with E-state index in [0.717, 1.165) is 22.5 Å². The van der Waals surface area contributed by atoms with E-state index in [2.05, 4.69) is 30.8 Å². The summed E-state index contributed by atoms with van der Waals surface area (Å²) in [5, 5.41) is 23.1. The van der Waals surface area contributed by atoms with E-state index in [9.17, 15) is 9.90 Å². The fraction of sp³-hybridized carbons (Fsp3) is 0.333. The van der Waals surface area contributed by atoms with Gasteiger partial charge in [0.05, 0.1) is 40.6 Å². The number of aromatic nitrogens is 4. The van der Waals surface area contributed by atoms with E-state index in [1.807, 2.05) is 13.0 Å². The number of rotatable bonds is 6. The Bertz CT molecular complexity index is 1090. The topological polar surface area (TPSA) is 119 Å². The zero-order valence-corrected chi connectivity index (χ0v) is 18.9. The van der Waals surface area contributed by atoms with Gasteiger partial charge in [0.2, 0.25) is 5.95 Å². The minimum atomic E-state index is -0.478. The Labute approximate surface area is 195 Å². The molecule has 4 rings (SSSR count). The number of anilines is 1. The first-order valence-corrected chi connectivity index (χ1v) is 10.9. The molecule has 2 amide bonds. The van der Waals surface area contributed by atoms with Crippen LogP contribution in [-0.4, -0.2) is 55.4 Å². The molecule has 0 bridgehead atoms. The number of halogens is 2. The van der Waals surface area contributed by atoms with Gasteiger partial charge < -0.3 is 20.6 Å². The summed E-state index contributed by atoms with van der Waals surface area (Å²) in [6.45, 7) is 2.70. The minimum Gasteiger partial charge on any atom is -0.394 e. The summed E-state index contributed by atoms with van der Waals surface area (Å²) >= 11 is 12.3. The maximum Gasteiger partial charge on any atom is 0.318 e. The van der Waals surface area contributed by atoms with Gasteiger partial charge in [0.1, 0.15) is 0 Å². The lowest BCUT2D eigenvalue weighted by Crippen LogP contribution is -2.44. The summed E-state index contributed by atoms with van der Waals surface area (Å²) in [7, 11) is 0. The Balaban J connectivity index is 1.52. The van der Waals surface area contributed by atoms with Crippen LogP contribution in [0.3, 0.4) is 0 Å². The summed E-state index contributed by atoms with van der Waals surface area (Å²) in [4.78, 5) is 23.7. The number of nitrogens with zero attached hydrogens (tertiary/aromatic N) is 4. The second-order valence-corrected chi connectivity index (χ2v) is 8.45. The summed E-state index contributed by atoms with van der Waals surface area (Å²) in [6, 6.07) is 6.16. The van der Waals surface area contributed by atoms with Crippen molar-refractivity contribution in [1.29, 1.82) is 0 Å². The molecule has 2 aromatic heterocycles. The molecule has 1 aliphatic rings. The first kappa shape index (κ1) is 22.3. The molecule has 3 heterocycles. The molecule has 9 nitrogen and oxygen atoms in total. The third-order valence-electron chi connectivity index (χ3n) is 5.26. The molecule has 3 aromatic rings. The quantitative estimate of drug-likeness (QED) is 0.434. The molecule has 32 heavy (non-hydrogen) atoms. The van der Waals surface area contributed by atoms with Gasteiger partial charge in [-0.1, -0.05) is 29.3 Å². The molecule has 11 heteroatoms. The van der Waals surface area contributed by atoms with E-state index < -0.39 is 6.04 Å². The lowest BCUT2D eigenvalue weighted by Gasteiger charge is -2.30. The van der Waals surface area contributed by atoms with Crippen molar-refractivity contribution in [2.24, 2.45) is 0 Å². The van der Waals surface area contributed by atoms with Crippen molar-refractivity contribution in [1.82, 2.24) is 30.4 Å². The van der Waals surface area contributed by atoms with Crippen LogP contribution in [0.15, 0.2) is 36.7 Å². The van der Waals surface area contributed by atoms with Crippen LogP contribution in [0.2, 0.25) is 10.0 Å². The normalized spacial score (nSPS) is 15.1. The standard InChI is InChI=1S/C21H23Cl2N7O2/c1-12(11-31)26-20-24-9-14-5-7-30(10-18(14)27-20)21(32)28-19(17-4-6-25-29-17)13-2-3-15(22)16(23)8-13/h2-4,6,8-9,12,19,31H,5,7,10-11H2,1H3,(H,25,29)(H,28,32)(H,24,26,27). The minimum absolute atomic E-state index is 0.0291. The highest BCUT2D eigenvalue weighted by molar-refractivity contribution is 6.42. The van der Waals surface area contributed by atoms with Crippen LogP contribution in [0.25, 0.3) is 0 Å². The zero-order valence-electron chi connectivity index (χ0n) is 17.3. The van der Waals surface area contributed by atoms with Gasteiger partial charge in [-0.05, 0) is 42.7 Å². The molecule has 2 unspecified atom stereocenters. The molecule has 1 aliphatic heterocycles. The Kier molecular flexibility index (Phi) is 6.78. The third-order valence-corrected chi connectivity index (χ3v) is 6.00. The Hall–Kier alpha value is -2.88. The van der Waals surface area contributed by atoms with Gasteiger partial charge in [-0.2, -0.15) is 5.10 Å². The van der Waals surface area contributed by atoms with Gasteiger partial charge in [0.15, 0.2) is 0 Å². The van der Waals surface area contributed by atoms with E-state index in [0.29, 0.717) is 35.5 Å². The van der Waals surface area contributed by atoms with Crippen molar-refractivity contribution in [3.63, 3.8) is 0 Å². The van der Waals surface area contributed by atoms with Crippen molar-refractivity contribution in [2.45, 2.75) is 32.0 Å². The average molecular weight is 476 g/mol. The number of aliphatic hydroxyl groups is 1. The molecule has 1 aromatic carbocycles. The number of carbonyl (C=O) groups is 1. The number of amides is 2. The van der Waals surface area contributed by atoms with Gasteiger partial charge in [-0.15, -0.1) is 0 Å². The third kappa shape index (κ3) is 4.95. The summed E-state index contributed by atoms with van der Waals surface area (Å²) < 4.78 is 0. The highest BCUT2D eigenvalue weighted by atomic mass is 35.5. The smallest absolute Gasteiger partial charge is 0.318 e. The van der Waals surface area contributed by atoms with Crippen molar-refractivity contribution in [3.05, 3.63) is 69.2 Å². The van der Waals surface area contributed by atoms with Crippen LogP contribution >= 0.6 is 23.2 Å². The molecule has 0 aliphatic carbocycles. The van der Waals surface area contributed by atoms with E-state index in [4.69, 9.17) is 23.2 Å². The molecule has 2 atom stereocenters. The molecule has 168 valence electrons. The molecule has 0 saturated heterocycles. The Morgan fingerprint density at radius 1 is 1.31 bits per heavy atom. The molecule has 0 spiro atoms. The molecular weight excluding hydrogens is 453 g/mol. The molecular formula is C21H23Cl2N7O2. The average Bonchev–Trinajstić information content (AvgIpc) is 3.33. The van der Waals surface area contributed by atoms with Crippen LogP contribution in [0, 0.1) is 0 Å². The number of benzene rings is 1. The number of urea groups is 1. The number of hydrogen-bond acceptors (Lipinski definition) is 6. The fourth-order valence-corrected chi connectivity index (χ4v) is 3.79. The monoisotopic (exact) mass is 475 g/mol. The van der Waals surface area contributed by atoms with E-state index in [1.165, 1.54) is 0 Å². The van der Waals surface area contributed by atoms with Crippen LogP contribution < -0.4 is 10.6 Å². The molecule has 0 radical (unpaired) electrons. The van der Waals surface area contributed by atoms with Gasteiger partial charge >= 0.3 is 6.03 Å². The predicted molar refractivity (Wildman–Crippen MR) is 122 cm³/mol. The summed E-state index contributed by atoms with van der Waals surface area (Å²) in [6.07, 6.45) is 4.05. The number of fused-ring (bicyclic) bond motifs is 1.